The van der Waals surface area contributed by atoms with Crippen molar-refractivity contribution < 1.29 is 24.2 Å². The Labute approximate surface area is 125 Å². The molecule has 0 rings (SSSR count). The molecule has 2 N–H and O–H groups in total. The lowest BCUT2D eigenvalue weighted by Crippen LogP contribution is -2.45. The van der Waals surface area contributed by atoms with Crippen molar-refractivity contribution in [3.05, 3.63) is 0 Å². The molecule has 0 aromatic carbocycles. The lowest BCUT2D eigenvalue weighted by atomic mass is 9.97. The van der Waals surface area contributed by atoms with E-state index in [-0.39, 0.29) is 19.0 Å². The Hall–Kier alpha value is -1.79. The fourth-order valence-electron chi connectivity index (χ4n) is 1.91. The molecule has 1 atom stereocenters. The van der Waals surface area contributed by atoms with Crippen LogP contribution in [-0.4, -0.2) is 54.7 Å². The number of carbonyl (C=O) groups is 3. The van der Waals surface area contributed by atoms with Gasteiger partial charge in [0.25, 0.3) is 0 Å². The van der Waals surface area contributed by atoms with Gasteiger partial charge < -0.3 is 20.1 Å². The largest absolute Gasteiger partial charge is 0.481 e. The van der Waals surface area contributed by atoms with Gasteiger partial charge in [-0.3, -0.25) is 9.59 Å². The molecule has 0 aliphatic heterocycles. The minimum atomic E-state index is -0.931. The number of carboxylic acid groups (broad SMARTS) is 1. The Morgan fingerprint density at radius 2 is 1.90 bits per heavy atom. The van der Waals surface area contributed by atoms with Crippen LogP contribution in [0.1, 0.15) is 33.6 Å². The molecule has 122 valence electrons. The molecule has 0 saturated carbocycles. The van der Waals surface area contributed by atoms with Crippen LogP contribution in [0, 0.1) is 11.8 Å². The molecule has 0 fully saturated rings. The van der Waals surface area contributed by atoms with Gasteiger partial charge in [-0.2, -0.15) is 0 Å². The van der Waals surface area contributed by atoms with Crippen molar-refractivity contribution >= 4 is 18.0 Å². The molecule has 7 nitrogen and oxygen atoms in total. The van der Waals surface area contributed by atoms with Gasteiger partial charge in [-0.15, -0.1) is 0 Å². The van der Waals surface area contributed by atoms with Gasteiger partial charge in [-0.05, 0) is 18.8 Å². The van der Waals surface area contributed by atoms with E-state index in [1.165, 1.54) is 12.0 Å². The van der Waals surface area contributed by atoms with Crippen LogP contribution >= 0.6 is 0 Å². The SMILES string of the molecule is CCCN(CC(=O)OC)C(=O)NCC(CC(C)C)C(=O)O. The highest BCUT2D eigenvalue weighted by molar-refractivity contribution is 5.81. The molecule has 2 amide bonds. The molecular formula is C14H26N2O5. The van der Waals surface area contributed by atoms with E-state index in [0.717, 1.165) is 0 Å². The number of hydrogen-bond acceptors (Lipinski definition) is 4. The third kappa shape index (κ3) is 8.16. The Morgan fingerprint density at radius 3 is 2.33 bits per heavy atom. The number of amides is 2. The molecule has 0 aromatic rings. The van der Waals surface area contributed by atoms with Crippen LogP contribution in [0.2, 0.25) is 0 Å². The first-order chi connectivity index (χ1) is 9.81. The van der Waals surface area contributed by atoms with Gasteiger partial charge in [-0.1, -0.05) is 20.8 Å². The smallest absolute Gasteiger partial charge is 0.325 e. The number of carbonyl (C=O) groups excluding carboxylic acids is 2. The molecule has 0 heterocycles. The van der Waals surface area contributed by atoms with E-state index < -0.39 is 23.9 Å². The minimum absolute atomic E-state index is 0.0493. The lowest BCUT2D eigenvalue weighted by Gasteiger charge is -2.23. The van der Waals surface area contributed by atoms with Crippen LogP contribution in [0.3, 0.4) is 0 Å². The zero-order valence-electron chi connectivity index (χ0n) is 13.2. The van der Waals surface area contributed by atoms with Gasteiger partial charge in [0.2, 0.25) is 0 Å². The summed E-state index contributed by atoms with van der Waals surface area (Å²) in [7, 11) is 1.26. The number of methoxy groups -OCH3 is 1. The summed E-state index contributed by atoms with van der Waals surface area (Å²) in [5.74, 6) is -1.84. The minimum Gasteiger partial charge on any atom is -0.481 e. The number of nitrogens with one attached hydrogen (secondary N) is 1. The number of hydrogen-bond donors (Lipinski definition) is 2. The highest BCUT2D eigenvalue weighted by atomic mass is 16.5. The first kappa shape index (κ1) is 19.2. The number of nitrogens with zero attached hydrogens (tertiary/aromatic N) is 1. The quantitative estimate of drug-likeness (QED) is 0.626. The van der Waals surface area contributed by atoms with Crippen LogP contribution in [0.25, 0.3) is 0 Å². The maximum Gasteiger partial charge on any atom is 0.325 e. The van der Waals surface area contributed by atoms with E-state index in [1.54, 1.807) is 0 Å². The molecule has 0 aliphatic carbocycles. The summed E-state index contributed by atoms with van der Waals surface area (Å²) in [5, 5.41) is 11.7. The fraction of sp³-hybridized carbons (Fsp3) is 0.786. The number of rotatable bonds is 9. The second kappa shape index (κ2) is 10.0. The molecule has 21 heavy (non-hydrogen) atoms. The monoisotopic (exact) mass is 302 g/mol. The van der Waals surface area contributed by atoms with Crippen molar-refractivity contribution in [1.82, 2.24) is 10.2 Å². The molecular weight excluding hydrogens is 276 g/mol. The number of aliphatic carboxylic acids is 1. The van der Waals surface area contributed by atoms with Crippen LogP contribution in [0.5, 0.6) is 0 Å². The van der Waals surface area contributed by atoms with E-state index in [4.69, 9.17) is 5.11 Å². The molecule has 0 spiro atoms. The van der Waals surface area contributed by atoms with E-state index in [1.807, 2.05) is 20.8 Å². The summed E-state index contributed by atoms with van der Waals surface area (Å²) < 4.78 is 4.54. The van der Waals surface area contributed by atoms with Gasteiger partial charge in [0.15, 0.2) is 0 Å². The van der Waals surface area contributed by atoms with Crippen molar-refractivity contribution in [2.45, 2.75) is 33.6 Å². The summed E-state index contributed by atoms with van der Waals surface area (Å²) in [6.07, 6.45) is 1.18. The highest BCUT2D eigenvalue weighted by Gasteiger charge is 2.22. The second-order valence-corrected chi connectivity index (χ2v) is 5.35. The van der Waals surface area contributed by atoms with Crippen molar-refractivity contribution in [3.63, 3.8) is 0 Å². The van der Waals surface area contributed by atoms with E-state index >= 15 is 0 Å². The standard InChI is InChI=1S/C14H26N2O5/c1-5-6-16(9-12(17)21-4)14(20)15-8-11(13(18)19)7-10(2)3/h10-11H,5-9H2,1-4H3,(H,15,20)(H,18,19). The average molecular weight is 302 g/mol. The Bertz CT molecular complexity index is 357. The van der Waals surface area contributed by atoms with Gasteiger partial charge in [0.1, 0.15) is 6.54 Å². The molecule has 0 saturated heterocycles. The summed E-state index contributed by atoms with van der Waals surface area (Å²) >= 11 is 0. The Balaban J connectivity index is 4.52. The summed E-state index contributed by atoms with van der Waals surface area (Å²) in [6.45, 7) is 6.06. The number of esters is 1. The molecule has 0 aromatic heterocycles. The zero-order chi connectivity index (χ0) is 16.4. The molecule has 7 heteroatoms. The predicted octanol–water partition coefficient (Wildman–Crippen LogP) is 1.33. The Kier molecular flexibility index (Phi) is 9.16. The molecule has 0 aliphatic rings. The van der Waals surface area contributed by atoms with Crippen LogP contribution in [0.4, 0.5) is 4.79 Å². The molecule has 1 unspecified atom stereocenters. The third-order valence-electron chi connectivity index (χ3n) is 2.93. The normalized spacial score (nSPS) is 11.9. The maximum atomic E-state index is 12.0. The number of carboxylic acids is 1. The van der Waals surface area contributed by atoms with Crippen LogP contribution in [-0.2, 0) is 14.3 Å². The van der Waals surface area contributed by atoms with Crippen molar-refractivity contribution in [2.75, 3.05) is 26.7 Å². The highest BCUT2D eigenvalue weighted by Crippen LogP contribution is 2.11. The van der Waals surface area contributed by atoms with E-state index in [2.05, 4.69) is 10.1 Å². The summed E-state index contributed by atoms with van der Waals surface area (Å²) in [5.41, 5.74) is 0. The third-order valence-corrected chi connectivity index (χ3v) is 2.93. The topological polar surface area (TPSA) is 95.9 Å². The predicted molar refractivity (Wildman–Crippen MR) is 77.9 cm³/mol. The van der Waals surface area contributed by atoms with Crippen molar-refractivity contribution in [1.29, 1.82) is 0 Å². The van der Waals surface area contributed by atoms with Crippen molar-refractivity contribution in [2.24, 2.45) is 11.8 Å². The molecule has 0 bridgehead atoms. The first-order valence-electron chi connectivity index (χ1n) is 7.14. The molecule has 0 radical (unpaired) electrons. The average Bonchev–Trinajstić information content (AvgIpc) is 2.41. The Morgan fingerprint density at radius 1 is 1.29 bits per heavy atom. The lowest BCUT2D eigenvalue weighted by molar-refractivity contribution is -0.143. The summed E-state index contributed by atoms with van der Waals surface area (Å²) in [4.78, 5) is 35.7. The van der Waals surface area contributed by atoms with Gasteiger partial charge in [-0.25, -0.2) is 4.79 Å². The summed E-state index contributed by atoms with van der Waals surface area (Å²) in [6, 6.07) is -0.447. The van der Waals surface area contributed by atoms with Gasteiger partial charge in [0.05, 0.1) is 13.0 Å². The maximum absolute atomic E-state index is 12.0. The zero-order valence-corrected chi connectivity index (χ0v) is 13.2. The van der Waals surface area contributed by atoms with Crippen LogP contribution < -0.4 is 5.32 Å². The number of ether oxygens (including phenoxy) is 1. The van der Waals surface area contributed by atoms with Crippen LogP contribution in [0.15, 0.2) is 0 Å². The van der Waals surface area contributed by atoms with Gasteiger partial charge in [0, 0.05) is 13.1 Å². The second-order valence-electron chi connectivity index (χ2n) is 5.35. The number of urea groups is 1. The fourth-order valence-corrected chi connectivity index (χ4v) is 1.91. The first-order valence-corrected chi connectivity index (χ1v) is 7.14. The van der Waals surface area contributed by atoms with E-state index in [9.17, 15) is 14.4 Å². The van der Waals surface area contributed by atoms with E-state index in [0.29, 0.717) is 19.4 Å². The van der Waals surface area contributed by atoms with Gasteiger partial charge >= 0.3 is 18.0 Å². The van der Waals surface area contributed by atoms with Crippen molar-refractivity contribution in [3.8, 4) is 0 Å².